The lowest BCUT2D eigenvalue weighted by Crippen LogP contribution is -2.46. The van der Waals surface area contributed by atoms with Crippen molar-refractivity contribution in [1.29, 1.82) is 0 Å². The van der Waals surface area contributed by atoms with Gasteiger partial charge in [-0.15, -0.1) is 23.5 Å². The molecule has 4 saturated carbocycles. The number of alkyl halides is 2. The zero-order chi connectivity index (χ0) is 28.1. The lowest BCUT2D eigenvalue weighted by Gasteiger charge is -2.47. The van der Waals surface area contributed by atoms with Crippen LogP contribution in [-0.2, 0) is 29.2 Å². The average molecular weight is 611 g/mol. The quantitative estimate of drug-likeness (QED) is 0.265. The topological polar surface area (TPSA) is 107 Å². The van der Waals surface area contributed by atoms with Gasteiger partial charge in [-0.1, -0.05) is 32.6 Å². The van der Waals surface area contributed by atoms with Crippen LogP contribution in [0.3, 0.4) is 0 Å². The van der Waals surface area contributed by atoms with Crippen LogP contribution in [0.2, 0.25) is 0 Å². The van der Waals surface area contributed by atoms with E-state index in [0.717, 1.165) is 50.7 Å². The molecule has 5 fully saturated rings. The Morgan fingerprint density at radius 1 is 0.974 bits per heavy atom. The molecule has 4 aliphatic carbocycles. The number of ether oxygens (including phenoxy) is 2. The van der Waals surface area contributed by atoms with E-state index < -0.39 is 33.4 Å². The highest BCUT2D eigenvalue weighted by Crippen LogP contribution is 2.57. The minimum atomic E-state index is -5.66. The van der Waals surface area contributed by atoms with Gasteiger partial charge in [0.25, 0.3) is 0 Å². The standard InChI is InChI=1S/C27H40F2O7S3/c1-17-8-18-4-2-6-25(10-17,11-18)23(30)35-14-21-15-37-22(38-21)20-9-19-5-3-7-26(12-19,13-20)24(31)36-16-27(28,29)39(32,33)34/h17-22H,2-16H2,1H3,(H,32,33,34)/t17?,18?,19?,20-,21?,22?,25?,26?/m0/s1. The van der Waals surface area contributed by atoms with Crippen LogP contribution in [0.1, 0.15) is 84.0 Å². The second kappa shape index (κ2) is 11.2. The lowest BCUT2D eigenvalue weighted by atomic mass is 9.59. The van der Waals surface area contributed by atoms with Crippen LogP contribution in [0.4, 0.5) is 8.78 Å². The van der Waals surface area contributed by atoms with E-state index in [2.05, 4.69) is 6.92 Å². The first-order valence-electron chi connectivity index (χ1n) is 14.3. The molecule has 7 nitrogen and oxygen atoms in total. The maximum atomic E-state index is 13.7. The van der Waals surface area contributed by atoms with E-state index in [-0.39, 0.29) is 33.1 Å². The molecule has 7 unspecified atom stereocenters. The van der Waals surface area contributed by atoms with E-state index in [9.17, 15) is 26.8 Å². The van der Waals surface area contributed by atoms with E-state index in [1.54, 1.807) is 11.8 Å². The molecule has 0 spiro atoms. The molecule has 1 saturated heterocycles. The van der Waals surface area contributed by atoms with Crippen molar-refractivity contribution < 1.29 is 40.8 Å². The largest absolute Gasteiger partial charge is 0.464 e. The van der Waals surface area contributed by atoms with Gasteiger partial charge in [-0.05, 0) is 75.0 Å². The summed E-state index contributed by atoms with van der Waals surface area (Å²) in [5.74, 6) is 1.71. The zero-order valence-electron chi connectivity index (χ0n) is 22.4. The lowest BCUT2D eigenvalue weighted by molar-refractivity contribution is -0.169. The molecular weight excluding hydrogens is 570 g/mol. The number of fused-ring (bicyclic) bond motifs is 4. The van der Waals surface area contributed by atoms with Crippen molar-refractivity contribution in [2.24, 2.45) is 34.5 Å². The number of rotatable bonds is 8. The average Bonchev–Trinajstić information content (AvgIpc) is 3.33. The maximum Gasteiger partial charge on any atom is 0.402 e. The normalized spacial score (nSPS) is 40.6. The molecule has 1 heterocycles. The summed E-state index contributed by atoms with van der Waals surface area (Å²) in [7, 11) is -5.66. The monoisotopic (exact) mass is 610 g/mol. The molecule has 0 aromatic rings. The van der Waals surface area contributed by atoms with Gasteiger partial charge in [0, 0.05) is 11.0 Å². The highest BCUT2D eigenvalue weighted by Gasteiger charge is 2.54. The number of halogens is 2. The fourth-order valence-electron chi connectivity index (χ4n) is 8.33. The van der Waals surface area contributed by atoms with Gasteiger partial charge in [0.1, 0.15) is 6.61 Å². The van der Waals surface area contributed by atoms with Crippen molar-refractivity contribution in [1.82, 2.24) is 0 Å². The highest BCUT2D eigenvalue weighted by atomic mass is 32.2. The van der Waals surface area contributed by atoms with E-state index in [1.165, 1.54) is 12.8 Å². The van der Waals surface area contributed by atoms with Gasteiger partial charge >= 0.3 is 27.3 Å². The molecule has 0 aromatic carbocycles. The van der Waals surface area contributed by atoms with Gasteiger partial charge < -0.3 is 9.47 Å². The molecular formula is C27H40F2O7S3. The minimum Gasteiger partial charge on any atom is -0.464 e. The van der Waals surface area contributed by atoms with E-state index in [0.29, 0.717) is 37.7 Å². The molecule has 1 aliphatic heterocycles. The number of thioether (sulfide) groups is 2. The van der Waals surface area contributed by atoms with Crippen molar-refractivity contribution in [3.8, 4) is 0 Å². The minimum absolute atomic E-state index is 0.0246. The summed E-state index contributed by atoms with van der Waals surface area (Å²) in [4.78, 5) is 26.3. The Bertz CT molecular complexity index is 1050. The summed E-state index contributed by atoms with van der Waals surface area (Å²) in [6.07, 6.45) is 10.7. The third-order valence-electron chi connectivity index (χ3n) is 9.83. The van der Waals surface area contributed by atoms with Gasteiger partial charge in [0.05, 0.1) is 15.4 Å². The third-order valence-corrected chi connectivity index (χ3v) is 14.3. The van der Waals surface area contributed by atoms with Crippen LogP contribution < -0.4 is 0 Å². The molecule has 0 amide bonds. The second-order valence-electron chi connectivity index (χ2n) is 13.0. The summed E-state index contributed by atoms with van der Waals surface area (Å²) >= 11 is 3.62. The Morgan fingerprint density at radius 2 is 1.59 bits per heavy atom. The Morgan fingerprint density at radius 3 is 2.26 bits per heavy atom. The van der Waals surface area contributed by atoms with Crippen molar-refractivity contribution in [3.63, 3.8) is 0 Å². The predicted molar refractivity (Wildman–Crippen MR) is 146 cm³/mol. The molecule has 222 valence electrons. The van der Waals surface area contributed by atoms with Crippen LogP contribution in [0.25, 0.3) is 0 Å². The van der Waals surface area contributed by atoms with Crippen molar-refractivity contribution in [3.05, 3.63) is 0 Å². The van der Waals surface area contributed by atoms with Gasteiger partial charge in [-0.25, -0.2) is 0 Å². The summed E-state index contributed by atoms with van der Waals surface area (Å²) in [6, 6.07) is 0. The van der Waals surface area contributed by atoms with Crippen LogP contribution in [0.15, 0.2) is 0 Å². The number of carbonyl (C=O) groups excluding carboxylic acids is 2. The van der Waals surface area contributed by atoms with Crippen LogP contribution >= 0.6 is 23.5 Å². The van der Waals surface area contributed by atoms with E-state index in [4.69, 9.17) is 14.0 Å². The van der Waals surface area contributed by atoms with Gasteiger partial charge in [0.2, 0.25) is 0 Å². The number of esters is 2. The number of hydrogen-bond donors (Lipinski definition) is 1. The molecule has 39 heavy (non-hydrogen) atoms. The Hall–Kier alpha value is -0.590. The first kappa shape index (κ1) is 29.9. The molecule has 12 heteroatoms. The smallest absolute Gasteiger partial charge is 0.402 e. The van der Waals surface area contributed by atoms with Crippen LogP contribution in [0.5, 0.6) is 0 Å². The Kier molecular flexibility index (Phi) is 8.62. The van der Waals surface area contributed by atoms with Crippen molar-refractivity contribution in [2.45, 2.75) is 99.1 Å². The SMILES string of the molecule is CC1CC2CCCC(C(=O)OCC3CSC([C@H]4CC5CCCC(C(=O)OCC(F)(F)S(=O)(=O)O)(C5)C4)S3)(C1)C2. The summed E-state index contributed by atoms with van der Waals surface area (Å²) < 4.78 is 69.1. The van der Waals surface area contributed by atoms with E-state index >= 15 is 0 Å². The second-order valence-corrected chi connectivity index (χ2v) is 17.4. The van der Waals surface area contributed by atoms with E-state index in [1.807, 2.05) is 11.8 Å². The van der Waals surface area contributed by atoms with Crippen molar-refractivity contribution in [2.75, 3.05) is 19.0 Å². The summed E-state index contributed by atoms with van der Waals surface area (Å²) in [6.45, 7) is 0.959. The molecule has 8 atom stereocenters. The predicted octanol–water partition coefficient (Wildman–Crippen LogP) is 5.92. The fraction of sp³-hybridized carbons (Fsp3) is 0.926. The van der Waals surface area contributed by atoms with Gasteiger partial charge in [0.15, 0.2) is 6.61 Å². The fourth-order valence-corrected chi connectivity index (χ4v) is 12.0. The summed E-state index contributed by atoms with van der Waals surface area (Å²) in [5, 5.41) is -4.35. The maximum absolute atomic E-state index is 13.7. The first-order valence-corrected chi connectivity index (χ1v) is 17.7. The van der Waals surface area contributed by atoms with Crippen LogP contribution in [0, 0.1) is 34.5 Å². The molecule has 4 bridgehead atoms. The molecule has 0 radical (unpaired) electrons. The summed E-state index contributed by atoms with van der Waals surface area (Å²) in [5.41, 5.74) is -1.21. The molecule has 5 aliphatic rings. The Labute approximate surface area is 238 Å². The van der Waals surface area contributed by atoms with Gasteiger partial charge in [-0.2, -0.15) is 17.2 Å². The van der Waals surface area contributed by atoms with Crippen LogP contribution in [-0.4, -0.2) is 59.0 Å². The molecule has 5 rings (SSSR count). The molecule has 1 N–H and O–H groups in total. The highest BCUT2D eigenvalue weighted by molar-refractivity contribution is 8.20. The van der Waals surface area contributed by atoms with Crippen molar-refractivity contribution >= 4 is 45.6 Å². The number of carbonyl (C=O) groups is 2. The molecule has 0 aromatic heterocycles. The third kappa shape index (κ3) is 6.28. The number of hydrogen-bond acceptors (Lipinski definition) is 8. The first-order chi connectivity index (χ1) is 18.3. The Balaban J connectivity index is 1.16. The zero-order valence-corrected chi connectivity index (χ0v) is 24.9. The van der Waals surface area contributed by atoms with Gasteiger partial charge in [-0.3, -0.25) is 14.1 Å².